The molecular formula is C16H21N3O. The average molecular weight is 271 g/mol. The van der Waals surface area contributed by atoms with E-state index in [4.69, 9.17) is 0 Å². The van der Waals surface area contributed by atoms with Gasteiger partial charge in [-0.15, -0.1) is 0 Å². The molecule has 4 nitrogen and oxygen atoms in total. The normalized spacial score (nSPS) is 41.1. The molecule has 0 atom stereocenters. The SMILES string of the molecule is O=c1c2c(ncn1C1C3CC4CC(C3)CC1C4)CNC2. The van der Waals surface area contributed by atoms with E-state index in [-0.39, 0.29) is 5.56 Å². The zero-order valence-corrected chi connectivity index (χ0v) is 11.7. The molecule has 1 N–H and O–H groups in total. The molecule has 4 fully saturated rings. The molecule has 4 saturated carbocycles. The van der Waals surface area contributed by atoms with E-state index in [0.717, 1.165) is 41.5 Å². The molecule has 1 aromatic heterocycles. The number of nitrogens with one attached hydrogen (secondary N) is 1. The highest BCUT2D eigenvalue weighted by atomic mass is 16.1. The summed E-state index contributed by atoms with van der Waals surface area (Å²) in [6, 6.07) is 0.439. The third-order valence-corrected chi connectivity index (χ3v) is 6.27. The minimum Gasteiger partial charge on any atom is -0.307 e. The molecular weight excluding hydrogens is 250 g/mol. The van der Waals surface area contributed by atoms with Gasteiger partial charge in [0.1, 0.15) is 0 Å². The lowest BCUT2D eigenvalue weighted by atomic mass is 9.54. The van der Waals surface area contributed by atoms with Crippen LogP contribution in [0.15, 0.2) is 11.1 Å². The zero-order valence-electron chi connectivity index (χ0n) is 11.7. The van der Waals surface area contributed by atoms with E-state index in [1.807, 2.05) is 10.9 Å². The Morgan fingerprint density at radius 3 is 2.45 bits per heavy atom. The number of aromatic nitrogens is 2. The molecule has 2 heterocycles. The summed E-state index contributed by atoms with van der Waals surface area (Å²) >= 11 is 0. The van der Waals surface area contributed by atoms with Crippen LogP contribution in [0.25, 0.3) is 0 Å². The van der Waals surface area contributed by atoms with Crippen LogP contribution >= 0.6 is 0 Å². The lowest BCUT2D eigenvalue weighted by Gasteiger charge is -2.54. The van der Waals surface area contributed by atoms with Gasteiger partial charge in [-0.1, -0.05) is 0 Å². The fraction of sp³-hybridized carbons (Fsp3) is 0.750. The van der Waals surface area contributed by atoms with Gasteiger partial charge in [0.25, 0.3) is 5.56 Å². The van der Waals surface area contributed by atoms with Crippen molar-refractivity contribution in [3.63, 3.8) is 0 Å². The summed E-state index contributed by atoms with van der Waals surface area (Å²) in [6.45, 7) is 1.46. The summed E-state index contributed by atoms with van der Waals surface area (Å²) in [6.07, 6.45) is 8.69. The van der Waals surface area contributed by atoms with Crippen LogP contribution in [0.2, 0.25) is 0 Å². The summed E-state index contributed by atoms with van der Waals surface area (Å²) in [5.74, 6) is 3.37. The van der Waals surface area contributed by atoms with Gasteiger partial charge < -0.3 is 5.32 Å². The van der Waals surface area contributed by atoms with Gasteiger partial charge in [-0.25, -0.2) is 4.98 Å². The third kappa shape index (κ3) is 1.46. The van der Waals surface area contributed by atoms with Crippen molar-refractivity contribution in [2.24, 2.45) is 23.7 Å². The van der Waals surface area contributed by atoms with E-state index in [1.54, 1.807) is 0 Å². The maximum absolute atomic E-state index is 12.8. The van der Waals surface area contributed by atoms with Crippen molar-refractivity contribution in [2.75, 3.05) is 0 Å². The molecule has 0 radical (unpaired) electrons. The Balaban J connectivity index is 1.59. The third-order valence-electron chi connectivity index (χ3n) is 6.27. The summed E-state index contributed by atoms with van der Waals surface area (Å²) < 4.78 is 2.01. The first kappa shape index (κ1) is 11.5. The quantitative estimate of drug-likeness (QED) is 0.848. The molecule has 0 saturated heterocycles. The van der Waals surface area contributed by atoms with Crippen molar-refractivity contribution in [3.05, 3.63) is 27.9 Å². The smallest absolute Gasteiger partial charge is 0.258 e. The number of hydrogen-bond acceptors (Lipinski definition) is 3. The first-order chi connectivity index (χ1) is 9.79. The highest BCUT2D eigenvalue weighted by molar-refractivity contribution is 5.21. The molecule has 4 bridgehead atoms. The number of hydrogen-bond donors (Lipinski definition) is 1. The van der Waals surface area contributed by atoms with Gasteiger partial charge in [0, 0.05) is 19.1 Å². The number of fused-ring (bicyclic) bond motifs is 1. The Hall–Kier alpha value is -1.16. The van der Waals surface area contributed by atoms with E-state index in [2.05, 4.69) is 10.3 Å². The predicted octanol–water partition coefficient (Wildman–Crippen LogP) is 1.84. The summed E-state index contributed by atoms with van der Waals surface area (Å²) in [5.41, 5.74) is 2.12. The fourth-order valence-corrected chi connectivity index (χ4v) is 5.74. The molecule has 1 aliphatic heterocycles. The summed E-state index contributed by atoms with van der Waals surface area (Å²) in [4.78, 5) is 17.3. The Morgan fingerprint density at radius 1 is 1.05 bits per heavy atom. The molecule has 0 aromatic carbocycles. The van der Waals surface area contributed by atoms with E-state index in [1.165, 1.54) is 32.1 Å². The van der Waals surface area contributed by atoms with Gasteiger partial charge in [-0.2, -0.15) is 0 Å². The van der Waals surface area contributed by atoms with E-state index in [0.29, 0.717) is 12.6 Å². The second kappa shape index (κ2) is 3.94. The van der Waals surface area contributed by atoms with Crippen LogP contribution < -0.4 is 10.9 Å². The highest BCUT2D eigenvalue weighted by Crippen LogP contribution is 2.57. The molecule has 0 amide bonds. The van der Waals surface area contributed by atoms with Crippen molar-refractivity contribution in [3.8, 4) is 0 Å². The summed E-state index contributed by atoms with van der Waals surface area (Å²) in [5, 5.41) is 3.25. The maximum atomic E-state index is 12.8. The van der Waals surface area contributed by atoms with Crippen molar-refractivity contribution in [2.45, 2.75) is 51.2 Å². The molecule has 106 valence electrons. The Morgan fingerprint density at radius 2 is 1.75 bits per heavy atom. The van der Waals surface area contributed by atoms with Gasteiger partial charge >= 0.3 is 0 Å². The lowest BCUT2D eigenvalue weighted by molar-refractivity contribution is -0.0308. The van der Waals surface area contributed by atoms with Crippen molar-refractivity contribution in [1.29, 1.82) is 0 Å². The topological polar surface area (TPSA) is 46.9 Å². The minimum atomic E-state index is 0.234. The first-order valence-corrected chi connectivity index (χ1v) is 8.09. The molecule has 0 unspecified atom stereocenters. The summed E-state index contributed by atoms with van der Waals surface area (Å²) in [7, 11) is 0. The van der Waals surface area contributed by atoms with E-state index < -0.39 is 0 Å². The first-order valence-electron chi connectivity index (χ1n) is 8.09. The monoisotopic (exact) mass is 271 g/mol. The number of rotatable bonds is 1. The van der Waals surface area contributed by atoms with Crippen LogP contribution in [0.3, 0.4) is 0 Å². The van der Waals surface area contributed by atoms with Crippen LogP contribution in [-0.4, -0.2) is 9.55 Å². The Kier molecular flexibility index (Phi) is 2.26. The van der Waals surface area contributed by atoms with E-state index in [9.17, 15) is 4.79 Å². The molecule has 0 spiro atoms. The van der Waals surface area contributed by atoms with Crippen molar-refractivity contribution >= 4 is 0 Å². The van der Waals surface area contributed by atoms with Gasteiger partial charge in [0.05, 0.1) is 17.6 Å². The second-order valence-corrected chi connectivity index (χ2v) is 7.41. The van der Waals surface area contributed by atoms with Crippen LogP contribution in [0.1, 0.15) is 49.4 Å². The van der Waals surface area contributed by atoms with Crippen LogP contribution in [0.4, 0.5) is 0 Å². The van der Waals surface area contributed by atoms with Gasteiger partial charge in [-0.05, 0) is 55.8 Å². The largest absolute Gasteiger partial charge is 0.307 e. The fourth-order valence-electron chi connectivity index (χ4n) is 5.74. The number of nitrogens with zero attached hydrogens (tertiary/aromatic N) is 2. The van der Waals surface area contributed by atoms with E-state index >= 15 is 0 Å². The molecule has 6 rings (SSSR count). The Labute approximate surface area is 118 Å². The zero-order chi connectivity index (χ0) is 13.3. The van der Waals surface area contributed by atoms with Crippen molar-refractivity contribution in [1.82, 2.24) is 14.9 Å². The molecule has 4 aliphatic carbocycles. The minimum absolute atomic E-state index is 0.234. The molecule has 20 heavy (non-hydrogen) atoms. The standard InChI is InChI=1S/C16H21N3O/c20-16-13-6-17-7-14(13)18-8-19(16)15-11-2-9-1-10(4-11)5-12(15)3-9/h8-12,15,17H,1-7H2. The van der Waals surface area contributed by atoms with Crippen LogP contribution in [-0.2, 0) is 13.1 Å². The highest BCUT2D eigenvalue weighted by Gasteiger charge is 2.49. The molecule has 5 aliphatic rings. The molecule has 4 heteroatoms. The second-order valence-electron chi connectivity index (χ2n) is 7.41. The average Bonchev–Trinajstić information content (AvgIpc) is 2.89. The van der Waals surface area contributed by atoms with Crippen LogP contribution in [0, 0.1) is 23.7 Å². The van der Waals surface area contributed by atoms with Gasteiger partial charge in [0.2, 0.25) is 0 Å². The maximum Gasteiger partial charge on any atom is 0.258 e. The van der Waals surface area contributed by atoms with Crippen LogP contribution in [0.5, 0.6) is 0 Å². The lowest BCUT2D eigenvalue weighted by Crippen LogP contribution is -2.48. The van der Waals surface area contributed by atoms with Crippen molar-refractivity contribution < 1.29 is 0 Å². The van der Waals surface area contributed by atoms with Gasteiger partial charge in [-0.3, -0.25) is 9.36 Å². The van der Waals surface area contributed by atoms with Gasteiger partial charge in [0.15, 0.2) is 0 Å². The predicted molar refractivity (Wildman–Crippen MR) is 75.1 cm³/mol. The Bertz CT molecular complexity index is 593. The molecule has 1 aromatic rings.